The number of amides is 2. The lowest BCUT2D eigenvalue weighted by Gasteiger charge is -2.36. The molecule has 1 unspecified atom stereocenters. The van der Waals surface area contributed by atoms with Crippen LogP contribution < -0.4 is 5.32 Å². The van der Waals surface area contributed by atoms with Gasteiger partial charge in [-0.25, -0.2) is 0 Å². The third kappa shape index (κ3) is 3.89. The van der Waals surface area contributed by atoms with E-state index in [0.29, 0.717) is 30.3 Å². The van der Waals surface area contributed by atoms with Crippen molar-refractivity contribution in [3.63, 3.8) is 0 Å². The number of benzene rings is 1. The Balaban J connectivity index is 2.09. The van der Waals surface area contributed by atoms with Crippen LogP contribution in [0.3, 0.4) is 0 Å². The fraction of sp³-hybridized carbons (Fsp3) is 0.500. The number of anilines is 1. The number of nitrogens with one attached hydrogen (secondary N) is 1. The van der Waals surface area contributed by atoms with Gasteiger partial charge in [-0.3, -0.25) is 9.59 Å². The molecule has 1 aromatic rings. The Hall–Kier alpha value is -2.35. The minimum Gasteiger partial charge on any atom is -0.342 e. The van der Waals surface area contributed by atoms with Gasteiger partial charge in [0.05, 0.1) is 11.6 Å². The molecule has 0 saturated carbocycles. The van der Waals surface area contributed by atoms with Gasteiger partial charge in [0, 0.05) is 18.8 Å². The third-order valence-corrected chi connectivity index (χ3v) is 4.30. The van der Waals surface area contributed by atoms with Crippen LogP contribution in [0.25, 0.3) is 0 Å². The van der Waals surface area contributed by atoms with Crippen LogP contribution >= 0.6 is 0 Å². The molecule has 0 aliphatic carbocycles. The highest BCUT2D eigenvalue weighted by molar-refractivity contribution is 6.09. The fourth-order valence-electron chi connectivity index (χ4n) is 2.82. The summed E-state index contributed by atoms with van der Waals surface area (Å²) in [6.45, 7) is 6.85. The van der Waals surface area contributed by atoms with Gasteiger partial charge in [-0.2, -0.15) is 5.26 Å². The second kappa shape index (κ2) is 6.82. The second-order valence-corrected chi connectivity index (χ2v) is 6.77. The summed E-state index contributed by atoms with van der Waals surface area (Å²) >= 11 is 0. The average molecular weight is 313 g/mol. The van der Waals surface area contributed by atoms with E-state index in [1.54, 1.807) is 43.0 Å². The molecule has 23 heavy (non-hydrogen) atoms. The number of nitriles is 1. The minimum absolute atomic E-state index is 0.141. The van der Waals surface area contributed by atoms with Crippen LogP contribution in [-0.4, -0.2) is 29.8 Å². The molecule has 2 rings (SSSR count). The predicted molar refractivity (Wildman–Crippen MR) is 88.5 cm³/mol. The van der Waals surface area contributed by atoms with E-state index in [0.717, 1.165) is 12.8 Å². The molecular formula is C18H23N3O2. The van der Waals surface area contributed by atoms with Crippen LogP contribution in [0, 0.1) is 22.7 Å². The molecule has 5 nitrogen and oxygen atoms in total. The maximum absolute atomic E-state index is 12.7. The molecule has 1 fully saturated rings. The first-order valence-corrected chi connectivity index (χ1v) is 7.95. The van der Waals surface area contributed by atoms with E-state index in [4.69, 9.17) is 5.26 Å². The van der Waals surface area contributed by atoms with E-state index in [2.05, 4.69) is 12.2 Å². The predicted octanol–water partition coefficient (Wildman–Crippen LogP) is 2.78. The van der Waals surface area contributed by atoms with Gasteiger partial charge in [-0.15, -0.1) is 0 Å². The van der Waals surface area contributed by atoms with Crippen LogP contribution in [0.1, 0.15) is 39.2 Å². The molecule has 1 N–H and O–H groups in total. The van der Waals surface area contributed by atoms with Crippen molar-refractivity contribution >= 4 is 17.5 Å². The van der Waals surface area contributed by atoms with Crippen LogP contribution in [0.15, 0.2) is 24.3 Å². The van der Waals surface area contributed by atoms with Gasteiger partial charge in [0.2, 0.25) is 11.8 Å². The number of likely N-dealkylation sites (tertiary alicyclic amines) is 1. The molecule has 1 saturated heterocycles. The first-order chi connectivity index (χ1) is 10.8. The van der Waals surface area contributed by atoms with Gasteiger partial charge in [0.1, 0.15) is 5.41 Å². The molecule has 1 aromatic carbocycles. The molecular weight excluding hydrogens is 290 g/mol. The number of piperidine rings is 1. The highest BCUT2D eigenvalue weighted by Crippen LogP contribution is 2.25. The van der Waals surface area contributed by atoms with Crippen LogP contribution in [0.4, 0.5) is 5.69 Å². The molecule has 1 aliphatic rings. The van der Waals surface area contributed by atoms with Gasteiger partial charge in [-0.05, 0) is 50.8 Å². The van der Waals surface area contributed by atoms with Crippen molar-refractivity contribution < 1.29 is 9.59 Å². The summed E-state index contributed by atoms with van der Waals surface area (Å²) in [7, 11) is 0. The summed E-state index contributed by atoms with van der Waals surface area (Å²) in [5.41, 5.74) is -0.140. The SMILES string of the molecule is CC1CCCN(C(=O)C(C)(C)C(=O)Nc2cccc(C#N)c2)C1. The summed E-state index contributed by atoms with van der Waals surface area (Å²) < 4.78 is 0. The summed E-state index contributed by atoms with van der Waals surface area (Å²) in [6.07, 6.45) is 2.10. The molecule has 2 amide bonds. The van der Waals surface area contributed by atoms with Crippen LogP contribution in [0.2, 0.25) is 0 Å². The highest BCUT2D eigenvalue weighted by Gasteiger charge is 2.40. The molecule has 0 aromatic heterocycles. The molecule has 5 heteroatoms. The summed E-state index contributed by atoms with van der Waals surface area (Å²) in [6, 6.07) is 8.71. The average Bonchev–Trinajstić information content (AvgIpc) is 2.54. The first-order valence-electron chi connectivity index (χ1n) is 7.95. The molecule has 1 atom stereocenters. The lowest BCUT2D eigenvalue weighted by atomic mass is 9.88. The lowest BCUT2D eigenvalue weighted by molar-refractivity contribution is -0.147. The molecule has 122 valence electrons. The van der Waals surface area contributed by atoms with Crippen molar-refractivity contribution in [2.24, 2.45) is 11.3 Å². The van der Waals surface area contributed by atoms with Gasteiger partial charge >= 0.3 is 0 Å². The Morgan fingerprint density at radius 3 is 2.78 bits per heavy atom. The van der Waals surface area contributed by atoms with E-state index in [9.17, 15) is 9.59 Å². The smallest absolute Gasteiger partial charge is 0.239 e. The summed E-state index contributed by atoms with van der Waals surface area (Å²) in [5.74, 6) is -0.0207. The van der Waals surface area contributed by atoms with Crippen LogP contribution in [-0.2, 0) is 9.59 Å². The lowest BCUT2D eigenvalue weighted by Crippen LogP contribution is -2.50. The number of rotatable bonds is 3. The Kier molecular flexibility index (Phi) is 5.05. The number of nitrogens with zero attached hydrogens (tertiary/aromatic N) is 2. The van der Waals surface area contributed by atoms with Crippen molar-refractivity contribution in [1.82, 2.24) is 4.90 Å². The van der Waals surface area contributed by atoms with Gasteiger partial charge in [0.25, 0.3) is 0 Å². The van der Waals surface area contributed by atoms with Crippen molar-refractivity contribution in [3.05, 3.63) is 29.8 Å². The molecule has 1 aliphatic heterocycles. The molecule has 0 bridgehead atoms. The van der Waals surface area contributed by atoms with E-state index in [1.165, 1.54) is 0 Å². The quantitative estimate of drug-likeness (QED) is 0.872. The zero-order valence-electron chi connectivity index (χ0n) is 13.9. The minimum atomic E-state index is -1.14. The van der Waals surface area contributed by atoms with Crippen molar-refractivity contribution in [2.45, 2.75) is 33.6 Å². The van der Waals surface area contributed by atoms with E-state index in [-0.39, 0.29) is 11.8 Å². The summed E-state index contributed by atoms with van der Waals surface area (Å²) in [4.78, 5) is 27.1. The Morgan fingerprint density at radius 2 is 2.13 bits per heavy atom. The number of carbonyl (C=O) groups is 2. The van der Waals surface area contributed by atoms with E-state index < -0.39 is 5.41 Å². The van der Waals surface area contributed by atoms with E-state index in [1.807, 2.05) is 6.07 Å². The van der Waals surface area contributed by atoms with Crippen molar-refractivity contribution in [2.75, 3.05) is 18.4 Å². The van der Waals surface area contributed by atoms with E-state index >= 15 is 0 Å². The number of hydrogen-bond acceptors (Lipinski definition) is 3. The van der Waals surface area contributed by atoms with Crippen LogP contribution in [0.5, 0.6) is 0 Å². The largest absolute Gasteiger partial charge is 0.342 e. The maximum atomic E-state index is 12.7. The van der Waals surface area contributed by atoms with Gasteiger partial charge in [-0.1, -0.05) is 13.0 Å². The normalized spacial score (nSPS) is 18.2. The zero-order valence-corrected chi connectivity index (χ0v) is 13.9. The van der Waals surface area contributed by atoms with Gasteiger partial charge < -0.3 is 10.2 Å². The molecule has 1 heterocycles. The number of hydrogen-bond donors (Lipinski definition) is 1. The fourth-order valence-corrected chi connectivity index (χ4v) is 2.82. The standard InChI is InChI=1S/C18H23N3O2/c1-13-6-5-9-21(12-13)17(23)18(2,3)16(22)20-15-8-4-7-14(10-15)11-19/h4,7-8,10,13H,5-6,9,12H2,1-3H3,(H,20,22). The van der Waals surface area contributed by atoms with Crippen molar-refractivity contribution in [1.29, 1.82) is 5.26 Å². The second-order valence-electron chi connectivity index (χ2n) is 6.77. The molecule has 0 spiro atoms. The zero-order chi connectivity index (χ0) is 17.0. The number of carbonyl (C=O) groups excluding carboxylic acids is 2. The topological polar surface area (TPSA) is 73.2 Å². The summed E-state index contributed by atoms with van der Waals surface area (Å²) in [5, 5.41) is 11.7. The Labute approximate surface area is 137 Å². The maximum Gasteiger partial charge on any atom is 0.239 e. The van der Waals surface area contributed by atoms with Gasteiger partial charge in [0.15, 0.2) is 0 Å². The Bertz CT molecular complexity index is 646. The first kappa shape index (κ1) is 17.0. The third-order valence-electron chi connectivity index (χ3n) is 4.30. The van der Waals surface area contributed by atoms with Crippen molar-refractivity contribution in [3.8, 4) is 6.07 Å². The highest BCUT2D eigenvalue weighted by atomic mass is 16.2. The Morgan fingerprint density at radius 1 is 1.39 bits per heavy atom. The monoisotopic (exact) mass is 313 g/mol. The molecule has 0 radical (unpaired) electrons.